The van der Waals surface area contributed by atoms with Crippen molar-refractivity contribution in [1.82, 2.24) is 5.32 Å². The number of hydrogen-bond acceptors (Lipinski definition) is 4. The Bertz CT molecular complexity index is 1610. The number of nitrogens with one attached hydrogen (secondary N) is 1. The minimum Gasteiger partial charge on any atom is -0.452 e. The molecule has 0 spiro atoms. The minimum atomic E-state index is -0.660. The minimum absolute atomic E-state index is 0.0363. The lowest BCUT2D eigenvalue weighted by Crippen LogP contribution is -2.66. The van der Waals surface area contributed by atoms with Crippen LogP contribution in [0.1, 0.15) is 123 Å². The molecular formula is C43H55NO4. The first-order chi connectivity index (χ1) is 22.6. The first-order valence-corrected chi connectivity index (χ1v) is 18.4. The largest absolute Gasteiger partial charge is 0.452 e. The smallest absolute Gasteiger partial charge is 0.312 e. The normalized spacial score (nSPS) is 40.2. The molecular weight excluding hydrogens is 594 g/mol. The molecule has 7 rings (SSSR count). The highest BCUT2D eigenvalue weighted by molar-refractivity contribution is 5.96. The third-order valence-electron chi connectivity index (χ3n) is 15.0. The number of rotatable bonds is 4. The summed E-state index contributed by atoms with van der Waals surface area (Å²) in [6.07, 6.45) is 9.32. The van der Waals surface area contributed by atoms with Gasteiger partial charge in [-0.25, -0.2) is 0 Å². The van der Waals surface area contributed by atoms with E-state index in [-0.39, 0.29) is 62.6 Å². The number of amides is 1. The number of esters is 1. The Labute approximate surface area is 287 Å². The van der Waals surface area contributed by atoms with Gasteiger partial charge in [0, 0.05) is 17.9 Å². The molecule has 256 valence electrons. The fourth-order valence-corrected chi connectivity index (χ4v) is 12.0. The third-order valence-corrected chi connectivity index (χ3v) is 15.0. The predicted octanol–water partition coefficient (Wildman–Crippen LogP) is 9.17. The topological polar surface area (TPSA) is 72.5 Å². The second-order valence-electron chi connectivity index (χ2n) is 18.1. The van der Waals surface area contributed by atoms with Crippen LogP contribution in [0.5, 0.6) is 0 Å². The van der Waals surface area contributed by atoms with E-state index in [1.807, 2.05) is 60.7 Å². The van der Waals surface area contributed by atoms with Crippen LogP contribution in [0.15, 0.2) is 72.3 Å². The number of allylic oxidation sites excluding steroid dienone is 2. The number of benzene rings is 2. The Morgan fingerprint density at radius 2 is 1.40 bits per heavy atom. The molecule has 1 saturated heterocycles. The van der Waals surface area contributed by atoms with Gasteiger partial charge in [-0.1, -0.05) is 93.9 Å². The molecule has 48 heavy (non-hydrogen) atoms. The second-order valence-corrected chi connectivity index (χ2v) is 18.1. The van der Waals surface area contributed by atoms with Gasteiger partial charge in [-0.15, -0.1) is 0 Å². The molecule has 0 unspecified atom stereocenters. The molecule has 1 aliphatic heterocycles. The predicted molar refractivity (Wildman–Crippen MR) is 189 cm³/mol. The van der Waals surface area contributed by atoms with Gasteiger partial charge in [-0.2, -0.15) is 0 Å². The third kappa shape index (κ3) is 4.88. The van der Waals surface area contributed by atoms with Crippen LogP contribution >= 0.6 is 0 Å². The average Bonchev–Trinajstić information content (AvgIpc) is 3.14. The lowest BCUT2D eigenvalue weighted by Gasteiger charge is -2.69. The summed E-state index contributed by atoms with van der Waals surface area (Å²) in [5, 5.41) is 3.32. The van der Waals surface area contributed by atoms with Crippen LogP contribution in [0, 0.1) is 44.8 Å². The molecule has 2 aromatic carbocycles. The maximum Gasteiger partial charge on any atom is 0.312 e. The van der Waals surface area contributed by atoms with E-state index in [1.54, 1.807) is 0 Å². The van der Waals surface area contributed by atoms with E-state index in [0.29, 0.717) is 12.8 Å². The van der Waals surface area contributed by atoms with Crippen LogP contribution in [-0.4, -0.2) is 23.2 Å². The van der Waals surface area contributed by atoms with Gasteiger partial charge >= 0.3 is 5.97 Å². The van der Waals surface area contributed by atoms with E-state index in [9.17, 15) is 14.4 Å². The van der Waals surface area contributed by atoms with Crippen LogP contribution in [0.3, 0.4) is 0 Å². The van der Waals surface area contributed by atoms with Crippen LogP contribution in [-0.2, 0) is 19.1 Å². The molecule has 2 aromatic rings. The first kappa shape index (κ1) is 33.3. The van der Waals surface area contributed by atoms with Crippen LogP contribution < -0.4 is 5.32 Å². The van der Waals surface area contributed by atoms with Gasteiger partial charge < -0.3 is 10.1 Å². The van der Waals surface area contributed by atoms with Crippen LogP contribution in [0.25, 0.3) is 0 Å². The number of carbonyl (C=O) groups is 3. The molecule has 1 N–H and O–H groups in total. The Kier molecular flexibility index (Phi) is 7.74. The number of fused-ring (bicyclic) bond motifs is 7. The summed E-state index contributed by atoms with van der Waals surface area (Å²) >= 11 is 0. The van der Waals surface area contributed by atoms with Crippen LogP contribution in [0.2, 0.25) is 0 Å². The van der Waals surface area contributed by atoms with Crippen LogP contribution in [0.4, 0.5) is 0 Å². The van der Waals surface area contributed by atoms with E-state index in [1.165, 1.54) is 5.57 Å². The van der Waals surface area contributed by atoms with Gasteiger partial charge in [-0.3, -0.25) is 14.4 Å². The number of carbonyl (C=O) groups excluding carboxylic acids is 3. The van der Waals surface area contributed by atoms with E-state index >= 15 is 0 Å². The van der Waals surface area contributed by atoms with Crippen molar-refractivity contribution >= 4 is 17.7 Å². The van der Waals surface area contributed by atoms with Crippen molar-refractivity contribution in [3.8, 4) is 0 Å². The molecule has 5 heteroatoms. The molecule has 8 atom stereocenters. The quantitative estimate of drug-likeness (QED) is 0.335. The lowest BCUT2D eigenvalue weighted by molar-refractivity contribution is -0.174. The molecule has 1 amide bonds. The summed E-state index contributed by atoms with van der Waals surface area (Å²) in [6.45, 7) is 16.0. The van der Waals surface area contributed by atoms with E-state index in [4.69, 9.17) is 4.74 Å². The standard InChI is InChI=1S/C43H55NO4/c1-38(2)33-18-21-43(7)36(41(33,5)20-19-34(46)44-38)32(45)26-30-31-27-40(4,23-22-39(31,3)24-25-42(30,43)6)37(47)48-35(28-14-10-8-11-15-28)29-16-12-9-13-17-29/h8-17,26,31,33,35-36H,18-25,27H2,1-7H3,(H,44,46)/t31-,33-,36+,39+,40-,41-,42+,43+/m0/s1. The molecule has 5 nitrogen and oxygen atoms in total. The Morgan fingerprint density at radius 3 is 2.02 bits per heavy atom. The van der Waals surface area contributed by atoms with Gasteiger partial charge in [0.2, 0.25) is 5.91 Å². The number of ketones is 1. The highest BCUT2D eigenvalue weighted by Crippen LogP contribution is 2.74. The Balaban J connectivity index is 1.23. The lowest BCUT2D eigenvalue weighted by atomic mass is 9.35. The van der Waals surface area contributed by atoms with Crippen molar-refractivity contribution in [1.29, 1.82) is 0 Å². The Morgan fingerprint density at radius 1 is 0.792 bits per heavy atom. The zero-order valence-electron chi connectivity index (χ0n) is 30.2. The van der Waals surface area contributed by atoms with E-state index in [0.717, 1.165) is 56.1 Å². The molecule has 4 aliphatic carbocycles. The highest BCUT2D eigenvalue weighted by atomic mass is 16.5. The summed E-state index contributed by atoms with van der Waals surface area (Å²) in [7, 11) is 0. The summed E-state index contributed by atoms with van der Waals surface area (Å²) in [6, 6.07) is 20.1. The maximum absolute atomic E-state index is 14.8. The summed E-state index contributed by atoms with van der Waals surface area (Å²) < 4.78 is 6.52. The summed E-state index contributed by atoms with van der Waals surface area (Å²) in [5.41, 5.74) is 1.59. The van der Waals surface area contributed by atoms with Gasteiger partial charge in [-0.05, 0) is 123 Å². The van der Waals surface area contributed by atoms with Crippen molar-refractivity contribution in [2.45, 2.75) is 118 Å². The fraction of sp³-hybridized carbons (Fsp3) is 0.605. The summed E-state index contributed by atoms with van der Waals surface area (Å²) in [5.74, 6) is 0.441. The second kappa shape index (κ2) is 11.2. The molecule has 1 heterocycles. The summed E-state index contributed by atoms with van der Waals surface area (Å²) in [4.78, 5) is 42.1. The zero-order valence-corrected chi connectivity index (χ0v) is 30.2. The number of hydrogen-bond donors (Lipinski definition) is 1. The van der Waals surface area contributed by atoms with Gasteiger partial charge in [0.1, 0.15) is 0 Å². The van der Waals surface area contributed by atoms with Gasteiger partial charge in [0.05, 0.1) is 5.41 Å². The molecule has 0 radical (unpaired) electrons. The van der Waals surface area contributed by atoms with Crippen molar-refractivity contribution in [2.75, 3.05) is 0 Å². The highest BCUT2D eigenvalue weighted by Gasteiger charge is 2.69. The monoisotopic (exact) mass is 649 g/mol. The first-order valence-electron chi connectivity index (χ1n) is 18.4. The molecule has 3 saturated carbocycles. The zero-order chi connectivity index (χ0) is 34.3. The SMILES string of the molecule is CC1(C)NC(=O)CC[C@]2(C)[C@H]3C(=O)C=C4[C@@H]5C[C@@](C)(C(=O)OC(c6ccccc6)c6ccccc6)CC[C@]5(C)CC[C@@]4(C)[C@]3(C)CC[C@@H]12. The molecule has 5 aliphatic rings. The van der Waals surface area contributed by atoms with Gasteiger partial charge in [0.25, 0.3) is 0 Å². The van der Waals surface area contributed by atoms with Crippen molar-refractivity contribution < 1.29 is 19.1 Å². The molecule has 4 fully saturated rings. The number of ether oxygens (including phenoxy) is 1. The van der Waals surface area contributed by atoms with Gasteiger partial charge in [0.15, 0.2) is 11.9 Å². The fourth-order valence-electron chi connectivity index (χ4n) is 12.0. The van der Waals surface area contributed by atoms with E-state index in [2.05, 4.69) is 59.9 Å². The maximum atomic E-state index is 14.8. The Hall–Kier alpha value is -3.21. The van der Waals surface area contributed by atoms with Crippen molar-refractivity contribution in [3.05, 3.63) is 83.4 Å². The molecule has 0 bridgehead atoms. The van der Waals surface area contributed by atoms with Crippen molar-refractivity contribution in [3.63, 3.8) is 0 Å². The average molecular weight is 650 g/mol. The van der Waals surface area contributed by atoms with Crippen molar-refractivity contribution in [2.24, 2.45) is 44.8 Å². The van der Waals surface area contributed by atoms with E-state index < -0.39 is 11.5 Å². The molecule has 0 aromatic heterocycles.